The molecule has 1 fully saturated rings. The van der Waals surface area contributed by atoms with Crippen molar-refractivity contribution in [1.29, 1.82) is 0 Å². The first-order valence-corrected chi connectivity index (χ1v) is 7.54. The summed E-state index contributed by atoms with van der Waals surface area (Å²) in [5.41, 5.74) is 0.317. The van der Waals surface area contributed by atoms with Gasteiger partial charge in [0.15, 0.2) is 0 Å². The average molecular weight is 240 g/mol. The van der Waals surface area contributed by atoms with Crippen LogP contribution in [0.5, 0.6) is 0 Å². The zero-order valence-corrected chi connectivity index (χ0v) is 12.5. The van der Waals surface area contributed by atoms with Gasteiger partial charge >= 0.3 is 0 Å². The Hall–Kier alpha value is -0.0400. The molecule has 0 radical (unpaired) electrons. The van der Waals surface area contributed by atoms with E-state index in [-0.39, 0.29) is 6.10 Å². The molecule has 1 saturated carbocycles. The van der Waals surface area contributed by atoms with Crippen LogP contribution in [0.1, 0.15) is 73.1 Å². The molecule has 1 N–H and O–H groups in total. The van der Waals surface area contributed by atoms with Crippen molar-refractivity contribution in [2.24, 2.45) is 23.2 Å². The number of aliphatic hydroxyl groups excluding tert-OH is 1. The fourth-order valence-electron chi connectivity index (χ4n) is 3.14. The van der Waals surface area contributed by atoms with Gasteiger partial charge in [-0.25, -0.2) is 0 Å². The molecule has 0 aromatic carbocycles. The third-order valence-electron chi connectivity index (χ3n) is 5.06. The van der Waals surface area contributed by atoms with E-state index in [0.717, 1.165) is 12.3 Å². The highest BCUT2D eigenvalue weighted by molar-refractivity contribution is 4.83. The molecule has 0 aromatic rings. The van der Waals surface area contributed by atoms with E-state index in [2.05, 4.69) is 34.6 Å². The Labute approximate surface area is 108 Å². The second kappa shape index (κ2) is 6.22. The lowest BCUT2D eigenvalue weighted by molar-refractivity contribution is 0.0169. The molecule has 0 spiro atoms. The van der Waals surface area contributed by atoms with Crippen LogP contribution in [-0.2, 0) is 0 Å². The Morgan fingerprint density at radius 2 is 1.76 bits per heavy atom. The molecule has 1 aliphatic rings. The first kappa shape index (κ1) is 15.0. The third-order valence-corrected chi connectivity index (χ3v) is 5.06. The molecule has 0 aromatic heterocycles. The van der Waals surface area contributed by atoms with Crippen LogP contribution in [0.2, 0.25) is 0 Å². The van der Waals surface area contributed by atoms with Gasteiger partial charge in [0, 0.05) is 0 Å². The fraction of sp³-hybridized carbons (Fsp3) is 1.00. The minimum absolute atomic E-state index is 0.0746. The summed E-state index contributed by atoms with van der Waals surface area (Å²) in [5, 5.41) is 10.5. The van der Waals surface area contributed by atoms with Gasteiger partial charge in [0.2, 0.25) is 0 Å². The first-order chi connectivity index (χ1) is 7.86. The molecule has 0 heterocycles. The summed E-state index contributed by atoms with van der Waals surface area (Å²) in [7, 11) is 0. The van der Waals surface area contributed by atoms with Gasteiger partial charge in [-0.05, 0) is 36.0 Å². The van der Waals surface area contributed by atoms with Gasteiger partial charge < -0.3 is 5.11 Å². The van der Waals surface area contributed by atoms with Crippen molar-refractivity contribution in [2.45, 2.75) is 79.2 Å². The third kappa shape index (κ3) is 4.28. The van der Waals surface area contributed by atoms with Crippen LogP contribution in [0.15, 0.2) is 0 Å². The second-order valence-electron chi connectivity index (χ2n) is 7.19. The van der Waals surface area contributed by atoms with Gasteiger partial charge in [0.25, 0.3) is 0 Å². The molecular formula is C16H32O. The van der Waals surface area contributed by atoms with Crippen molar-refractivity contribution in [3.63, 3.8) is 0 Å². The number of aliphatic hydroxyl groups is 1. The summed E-state index contributed by atoms with van der Waals surface area (Å²) >= 11 is 0. The molecule has 0 amide bonds. The predicted molar refractivity (Wildman–Crippen MR) is 75.0 cm³/mol. The quantitative estimate of drug-likeness (QED) is 0.759. The maximum absolute atomic E-state index is 10.5. The fourth-order valence-corrected chi connectivity index (χ4v) is 3.14. The van der Waals surface area contributed by atoms with Gasteiger partial charge in [0.05, 0.1) is 6.10 Å². The maximum atomic E-state index is 10.5. The van der Waals surface area contributed by atoms with E-state index < -0.39 is 0 Å². The molecule has 1 rings (SSSR count). The molecule has 17 heavy (non-hydrogen) atoms. The van der Waals surface area contributed by atoms with Crippen molar-refractivity contribution in [2.75, 3.05) is 0 Å². The van der Waals surface area contributed by atoms with E-state index in [9.17, 15) is 5.11 Å². The second-order valence-corrected chi connectivity index (χ2v) is 7.19. The van der Waals surface area contributed by atoms with Crippen molar-refractivity contribution in [3.05, 3.63) is 0 Å². The van der Waals surface area contributed by atoms with Gasteiger partial charge in [-0.2, -0.15) is 0 Å². The van der Waals surface area contributed by atoms with E-state index >= 15 is 0 Å². The van der Waals surface area contributed by atoms with Crippen LogP contribution in [0.4, 0.5) is 0 Å². The minimum atomic E-state index is -0.0746. The monoisotopic (exact) mass is 240 g/mol. The van der Waals surface area contributed by atoms with E-state index in [1.807, 2.05) is 0 Å². The van der Waals surface area contributed by atoms with Crippen LogP contribution >= 0.6 is 0 Å². The molecule has 4 atom stereocenters. The topological polar surface area (TPSA) is 20.2 Å². The van der Waals surface area contributed by atoms with E-state index in [1.54, 1.807) is 0 Å². The van der Waals surface area contributed by atoms with Crippen LogP contribution in [0.3, 0.4) is 0 Å². The van der Waals surface area contributed by atoms with Crippen molar-refractivity contribution >= 4 is 0 Å². The summed E-state index contributed by atoms with van der Waals surface area (Å²) in [6, 6.07) is 0. The van der Waals surface area contributed by atoms with Gasteiger partial charge in [0.1, 0.15) is 0 Å². The highest BCUT2D eigenvalue weighted by atomic mass is 16.3. The molecule has 0 aliphatic heterocycles. The molecule has 102 valence electrons. The van der Waals surface area contributed by atoms with E-state index in [1.165, 1.54) is 32.1 Å². The highest BCUT2D eigenvalue weighted by Crippen LogP contribution is 2.38. The Morgan fingerprint density at radius 3 is 2.29 bits per heavy atom. The van der Waals surface area contributed by atoms with Crippen LogP contribution in [-0.4, -0.2) is 11.2 Å². The van der Waals surface area contributed by atoms with Gasteiger partial charge in [-0.3, -0.25) is 0 Å². The zero-order valence-electron chi connectivity index (χ0n) is 12.5. The molecule has 1 heteroatoms. The molecule has 1 aliphatic carbocycles. The van der Waals surface area contributed by atoms with E-state index in [4.69, 9.17) is 0 Å². The molecular weight excluding hydrogens is 208 g/mol. The Morgan fingerprint density at radius 1 is 1.18 bits per heavy atom. The lowest BCUT2D eigenvalue weighted by atomic mass is 9.70. The maximum Gasteiger partial charge on any atom is 0.0573 e. The summed E-state index contributed by atoms with van der Waals surface area (Å²) in [5.74, 6) is 1.93. The molecule has 0 bridgehead atoms. The summed E-state index contributed by atoms with van der Waals surface area (Å²) in [6.07, 6.45) is 7.42. The van der Waals surface area contributed by atoms with Crippen LogP contribution in [0.25, 0.3) is 0 Å². The smallest absolute Gasteiger partial charge is 0.0573 e. The predicted octanol–water partition coefficient (Wildman–Crippen LogP) is 4.64. The summed E-state index contributed by atoms with van der Waals surface area (Å²) in [4.78, 5) is 0. The number of hydrogen-bond donors (Lipinski definition) is 1. The summed E-state index contributed by atoms with van der Waals surface area (Å²) < 4.78 is 0. The number of hydrogen-bond acceptors (Lipinski definition) is 1. The molecule has 0 saturated heterocycles. The van der Waals surface area contributed by atoms with Crippen LogP contribution < -0.4 is 0 Å². The SMILES string of the molecule is CCC1CCCCC1C(O)CC(C)C(C)(C)C. The van der Waals surface area contributed by atoms with E-state index in [0.29, 0.717) is 17.3 Å². The average Bonchev–Trinajstić information content (AvgIpc) is 2.27. The lowest BCUT2D eigenvalue weighted by Crippen LogP contribution is -2.33. The summed E-state index contributed by atoms with van der Waals surface area (Å²) in [6.45, 7) is 11.4. The van der Waals surface area contributed by atoms with Gasteiger partial charge in [-0.15, -0.1) is 0 Å². The van der Waals surface area contributed by atoms with Crippen molar-refractivity contribution in [1.82, 2.24) is 0 Å². The molecule has 1 nitrogen and oxygen atoms in total. The molecule has 4 unspecified atom stereocenters. The van der Waals surface area contributed by atoms with Crippen LogP contribution in [0, 0.1) is 23.2 Å². The Bertz CT molecular complexity index is 216. The lowest BCUT2D eigenvalue weighted by Gasteiger charge is -2.37. The van der Waals surface area contributed by atoms with Gasteiger partial charge in [-0.1, -0.05) is 60.3 Å². The highest BCUT2D eigenvalue weighted by Gasteiger charge is 2.32. The standard InChI is InChI=1S/C16H32O/c1-6-13-9-7-8-10-14(13)15(17)11-12(2)16(3,4)5/h12-15,17H,6-11H2,1-5H3. The van der Waals surface area contributed by atoms with Crippen molar-refractivity contribution in [3.8, 4) is 0 Å². The Balaban J connectivity index is 2.53. The normalized spacial score (nSPS) is 30.0. The first-order valence-electron chi connectivity index (χ1n) is 7.54. The Kier molecular flexibility index (Phi) is 5.50. The minimum Gasteiger partial charge on any atom is -0.393 e. The largest absolute Gasteiger partial charge is 0.393 e. The zero-order chi connectivity index (χ0) is 13.1. The number of rotatable bonds is 4. The van der Waals surface area contributed by atoms with Crippen molar-refractivity contribution < 1.29 is 5.11 Å².